The predicted molar refractivity (Wildman–Crippen MR) is 122 cm³/mol. The molecule has 0 amide bonds. The molecule has 0 unspecified atom stereocenters. The Bertz CT molecular complexity index is 1130. The second-order valence-corrected chi connectivity index (χ2v) is 9.21. The summed E-state index contributed by atoms with van der Waals surface area (Å²) in [6.45, 7) is 0.238. The summed E-state index contributed by atoms with van der Waals surface area (Å²) in [5, 5.41) is 13.7. The first-order valence-corrected chi connectivity index (χ1v) is 11.6. The molecule has 0 radical (unpaired) electrons. The number of hydrogen-bond acceptors (Lipinski definition) is 6. The summed E-state index contributed by atoms with van der Waals surface area (Å²) in [6, 6.07) is 9.86. The number of aliphatic carboxylic acids is 1. The molecule has 0 aliphatic heterocycles. The van der Waals surface area contributed by atoms with Gasteiger partial charge in [0.05, 0.1) is 15.2 Å². The summed E-state index contributed by atoms with van der Waals surface area (Å²) >= 11 is 8.01. The maximum atomic E-state index is 13.4. The zero-order valence-electron chi connectivity index (χ0n) is 17.2. The highest BCUT2D eigenvalue weighted by molar-refractivity contribution is 7.18. The minimum absolute atomic E-state index is 0.210. The molecule has 4 rings (SSSR count). The molecule has 0 bridgehead atoms. The molecule has 1 atom stereocenters. The monoisotopic (exact) mass is 476 g/mol. The number of benzene rings is 2. The number of hydrogen-bond donors (Lipinski definition) is 1. The van der Waals surface area contributed by atoms with Crippen molar-refractivity contribution in [3.63, 3.8) is 0 Å². The lowest BCUT2D eigenvalue weighted by molar-refractivity contribution is -0.129. The molecule has 6 nitrogen and oxygen atoms in total. The Morgan fingerprint density at radius 1 is 1.28 bits per heavy atom. The van der Waals surface area contributed by atoms with E-state index >= 15 is 0 Å². The Morgan fingerprint density at radius 3 is 2.84 bits per heavy atom. The maximum absolute atomic E-state index is 13.4. The van der Waals surface area contributed by atoms with Gasteiger partial charge < -0.3 is 14.7 Å². The van der Waals surface area contributed by atoms with E-state index in [0.717, 1.165) is 47.2 Å². The smallest absolute Gasteiger partial charge is 0.350 e. The average molecular weight is 477 g/mol. The van der Waals surface area contributed by atoms with Gasteiger partial charge in [0, 0.05) is 17.5 Å². The molecule has 1 saturated carbocycles. The van der Waals surface area contributed by atoms with Crippen LogP contribution in [0.1, 0.15) is 48.8 Å². The lowest BCUT2D eigenvalue weighted by Crippen LogP contribution is -2.18. The van der Waals surface area contributed by atoms with Gasteiger partial charge in [-0.25, -0.2) is 14.2 Å². The van der Waals surface area contributed by atoms with Crippen molar-refractivity contribution in [2.75, 3.05) is 0 Å². The largest absolute Gasteiger partial charge is 0.486 e. The third kappa shape index (κ3) is 5.55. The molecule has 1 aromatic heterocycles. The SMILES string of the molecule is O=C(O)/C=N\O[C@H](c1ccc(OCc2nc3cc(F)ccc3s2)cc1Cl)C1CCCCC1. The molecule has 32 heavy (non-hydrogen) atoms. The highest BCUT2D eigenvalue weighted by Gasteiger charge is 2.29. The van der Waals surface area contributed by atoms with Crippen molar-refractivity contribution < 1.29 is 23.9 Å². The number of carboxylic acid groups (broad SMARTS) is 1. The highest BCUT2D eigenvalue weighted by atomic mass is 35.5. The lowest BCUT2D eigenvalue weighted by Gasteiger charge is -2.29. The quantitative estimate of drug-likeness (QED) is 0.301. The van der Waals surface area contributed by atoms with Crippen LogP contribution in [0.25, 0.3) is 10.2 Å². The average Bonchev–Trinajstić information content (AvgIpc) is 3.18. The molecule has 0 saturated heterocycles. The summed E-state index contributed by atoms with van der Waals surface area (Å²) in [5.41, 5.74) is 1.36. The first-order valence-electron chi connectivity index (χ1n) is 10.4. The standard InChI is InChI=1S/C23H22ClFN2O4S/c24-18-11-16(30-13-21-27-19-10-15(25)6-9-20(19)32-21)7-8-17(18)23(31-26-12-22(28)29)14-4-2-1-3-5-14/h6-12,14,23H,1-5,13H2,(H,28,29)/b26-12-/t23-/m0/s1. The van der Waals surface area contributed by atoms with Crippen molar-refractivity contribution in [2.45, 2.75) is 44.8 Å². The lowest BCUT2D eigenvalue weighted by atomic mass is 9.82. The van der Waals surface area contributed by atoms with Gasteiger partial charge in [-0.1, -0.05) is 42.1 Å². The van der Waals surface area contributed by atoms with Crippen LogP contribution in [0.3, 0.4) is 0 Å². The van der Waals surface area contributed by atoms with Gasteiger partial charge >= 0.3 is 5.97 Å². The van der Waals surface area contributed by atoms with Gasteiger partial charge in [0.15, 0.2) is 12.3 Å². The van der Waals surface area contributed by atoms with E-state index in [0.29, 0.717) is 16.3 Å². The molecule has 9 heteroatoms. The van der Waals surface area contributed by atoms with Crippen molar-refractivity contribution in [1.29, 1.82) is 0 Å². The minimum Gasteiger partial charge on any atom is -0.486 e. The summed E-state index contributed by atoms with van der Waals surface area (Å²) < 4.78 is 20.1. The van der Waals surface area contributed by atoms with E-state index < -0.39 is 12.1 Å². The first-order chi connectivity index (χ1) is 15.5. The van der Waals surface area contributed by atoms with Gasteiger partial charge in [0.1, 0.15) is 23.2 Å². The molecule has 3 aromatic rings. The summed E-state index contributed by atoms with van der Waals surface area (Å²) in [4.78, 5) is 20.8. The molecule has 1 aliphatic carbocycles. The maximum Gasteiger partial charge on any atom is 0.350 e. The Morgan fingerprint density at radius 2 is 2.09 bits per heavy atom. The number of rotatable bonds is 8. The summed E-state index contributed by atoms with van der Waals surface area (Å²) in [7, 11) is 0. The van der Waals surface area contributed by atoms with E-state index in [1.807, 2.05) is 6.07 Å². The van der Waals surface area contributed by atoms with Crippen LogP contribution < -0.4 is 4.74 Å². The Balaban J connectivity index is 1.48. The van der Waals surface area contributed by atoms with Gasteiger partial charge in [-0.2, -0.15) is 0 Å². The van der Waals surface area contributed by atoms with Crippen LogP contribution in [0.15, 0.2) is 41.6 Å². The fraction of sp³-hybridized carbons (Fsp3) is 0.348. The van der Waals surface area contributed by atoms with Crippen molar-refractivity contribution in [1.82, 2.24) is 4.98 Å². The Labute approximate surface area is 193 Å². The van der Waals surface area contributed by atoms with Gasteiger partial charge in [-0.3, -0.25) is 0 Å². The third-order valence-corrected chi connectivity index (χ3v) is 6.79. The predicted octanol–water partition coefficient (Wildman–Crippen LogP) is 6.38. The van der Waals surface area contributed by atoms with Crippen LogP contribution in [0, 0.1) is 11.7 Å². The van der Waals surface area contributed by atoms with E-state index in [-0.39, 0.29) is 18.3 Å². The Kier molecular flexibility index (Phi) is 7.22. The van der Waals surface area contributed by atoms with Crippen molar-refractivity contribution in [2.24, 2.45) is 11.1 Å². The topological polar surface area (TPSA) is 81.0 Å². The fourth-order valence-electron chi connectivity index (χ4n) is 3.96. The second kappa shape index (κ2) is 10.3. The van der Waals surface area contributed by atoms with Crippen LogP contribution in [-0.4, -0.2) is 22.3 Å². The van der Waals surface area contributed by atoms with E-state index in [1.165, 1.54) is 29.9 Å². The van der Waals surface area contributed by atoms with Gasteiger partial charge in [0.2, 0.25) is 0 Å². The molecular weight excluding hydrogens is 455 g/mol. The molecule has 168 valence electrons. The van der Waals surface area contributed by atoms with E-state index in [4.69, 9.17) is 26.3 Å². The molecule has 2 aromatic carbocycles. The van der Waals surface area contributed by atoms with Crippen molar-refractivity contribution in [3.8, 4) is 5.75 Å². The number of nitrogens with zero attached hydrogens (tertiary/aromatic N) is 2. The van der Waals surface area contributed by atoms with Gasteiger partial charge in [-0.15, -0.1) is 11.3 Å². The number of carboxylic acids is 1. The fourth-order valence-corrected chi connectivity index (χ4v) is 5.10. The van der Waals surface area contributed by atoms with E-state index in [9.17, 15) is 9.18 Å². The summed E-state index contributed by atoms with van der Waals surface area (Å²) in [5.74, 6) is -0.706. The number of carbonyl (C=O) groups is 1. The molecular formula is C23H22ClFN2O4S. The van der Waals surface area contributed by atoms with Crippen LogP contribution in [-0.2, 0) is 16.2 Å². The molecule has 1 aliphatic rings. The number of oxime groups is 1. The highest BCUT2D eigenvalue weighted by Crippen LogP contribution is 2.40. The van der Waals surface area contributed by atoms with E-state index in [2.05, 4.69) is 10.1 Å². The number of fused-ring (bicyclic) bond motifs is 1. The number of thiazole rings is 1. The number of aromatic nitrogens is 1. The van der Waals surface area contributed by atoms with Crippen LogP contribution >= 0.6 is 22.9 Å². The second-order valence-electron chi connectivity index (χ2n) is 7.69. The normalized spacial score (nSPS) is 15.8. The van der Waals surface area contributed by atoms with Gasteiger partial charge in [-0.05, 0) is 37.1 Å². The molecule has 1 N–H and O–H groups in total. The first kappa shape index (κ1) is 22.5. The molecule has 1 fully saturated rings. The van der Waals surface area contributed by atoms with Crippen LogP contribution in [0.4, 0.5) is 4.39 Å². The zero-order chi connectivity index (χ0) is 22.5. The number of ether oxygens (including phenoxy) is 1. The molecule has 0 spiro atoms. The van der Waals surface area contributed by atoms with Gasteiger partial charge in [0.25, 0.3) is 0 Å². The van der Waals surface area contributed by atoms with Crippen LogP contribution in [0.2, 0.25) is 5.02 Å². The van der Waals surface area contributed by atoms with Crippen molar-refractivity contribution in [3.05, 3.63) is 57.8 Å². The zero-order valence-corrected chi connectivity index (χ0v) is 18.7. The summed E-state index contributed by atoms with van der Waals surface area (Å²) in [6.07, 6.45) is 5.63. The number of halogens is 2. The minimum atomic E-state index is -1.17. The molecule has 1 heterocycles. The third-order valence-electron chi connectivity index (χ3n) is 5.45. The van der Waals surface area contributed by atoms with E-state index in [1.54, 1.807) is 18.2 Å². The van der Waals surface area contributed by atoms with Crippen LogP contribution in [0.5, 0.6) is 5.75 Å². The van der Waals surface area contributed by atoms with Crippen molar-refractivity contribution >= 4 is 45.3 Å². The Hall–Kier alpha value is -2.71.